The maximum Gasteiger partial charge on any atom is 0.312 e. The molecule has 0 aliphatic carbocycles. The van der Waals surface area contributed by atoms with E-state index in [0.717, 1.165) is 4.90 Å². The summed E-state index contributed by atoms with van der Waals surface area (Å²) >= 11 is 0. The first-order valence-electron chi connectivity index (χ1n) is 10.5. The van der Waals surface area contributed by atoms with Crippen LogP contribution in [0.3, 0.4) is 0 Å². The number of hydrogen-bond donors (Lipinski definition) is 1. The highest BCUT2D eigenvalue weighted by atomic mass is 19.1. The predicted octanol–water partition coefficient (Wildman–Crippen LogP) is -0.362. The van der Waals surface area contributed by atoms with Gasteiger partial charge in [-0.1, -0.05) is 12.1 Å². The Morgan fingerprint density at radius 1 is 1.18 bits per heavy atom. The van der Waals surface area contributed by atoms with E-state index in [4.69, 9.17) is 0 Å². The predicted molar refractivity (Wildman–Crippen MR) is 115 cm³/mol. The molecule has 0 bridgehead atoms. The van der Waals surface area contributed by atoms with Crippen LogP contribution in [0.5, 0.6) is 0 Å². The van der Waals surface area contributed by atoms with Crippen LogP contribution >= 0.6 is 0 Å². The second kappa shape index (κ2) is 9.47. The van der Waals surface area contributed by atoms with Crippen LogP contribution < -0.4 is 5.32 Å². The molecule has 0 radical (unpaired) electrons. The van der Waals surface area contributed by atoms with Gasteiger partial charge in [0.25, 0.3) is 17.6 Å². The van der Waals surface area contributed by atoms with Crippen LogP contribution in [0.25, 0.3) is 0 Å². The van der Waals surface area contributed by atoms with E-state index in [9.17, 15) is 28.4 Å². The quantitative estimate of drug-likeness (QED) is 0.487. The van der Waals surface area contributed by atoms with Crippen molar-refractivity contribution < 1.29 is 28.4 Å². The highest BCUT2D eigenvalue weighted by Crippen LogP contribution is 2.23. The fourth-order valence-electron chi connectivity index (χ4n) is 3.80. The van der Waals surface area contributed by atoms with Gasteiger partial charge in [0.1, 0.15) is 11.7 Å². The van der Waals surface area contributed by atoms with Crippen molar-refractivity contribution in [1.82, 2.24) is 20.0 Å². The summed E-state index contributed by atoms with van der Waals surface area (Å²) in [5.41, 5.74) is 1.03. The Kier molecular flexibility index (Phi) is 6.89. The molecular formula is C22H26FN5O5. The summed E-state index contributed by atoms with van der Waals surface area (Å²) < 4.78 is 13.4. The molecule has 0 aromatic heterocycles. The molecule has 2 atom stereocenters. The lowest BCUT2D eigenvalue weighted by molar-refractivity contribution is -0.151. The maximum absolute atomic E-state index is 13.4. The number of amidine groups is 1. The van der Waals surface area contributed by atoms with Crippen molar-refractivity contribution in [3.8, 4) is 0 Å². The standard InChI is InChI=1S/C22H26FN5O5/c1-12-10-13(7-8-14(12)23)11-24-19(30)16-17(29)20(31)28-9-5-6-15(18(28)25-16)27(4)22(33)21(32)26(2)3/h7-8,10,15-16H,5-6,9,11H2,1-4H3,(H,24,30)/t15-,16?/m0/s1. The fourth-order valence-corrected chi connectivity index (χ4v) is 3.80. The third-order valence-corrected chi connectivity index (χ3v) is 5.71. The largest absolute Gasteiger partial charge is 0.350 e. The number of aliphatic imine (C=N–C) groups is 1. The Hall–Kier alpha value is -3.63. The van der Waals surface area contributed by atoms with Crippen LogP contribution in [0.15, 0.2) is 23.2 Å². The minimum atomic E-state index is -1.60. The van der Waals surface area contributed by atoms with Crippen molar-refractivity contribution in [3.05, 3.63) is 35.1 Å². The number of likely N-dealkylation sites (N-methyl/N-ethyl adjacent to an activating group) is 2. The minimum Gasteiger partial charge on any atom is -0.350 e. The van der Waals surface area contributed by atoms with Gasteiger partial charge < -0.3 is 15.1 Å². The van der Waals surface area contributed by atoms with Gasteiger partial charge in [0, 0.05) is 34.2 Å². The number of nitrogens with zero attached hydrogens (tertiary/aromatic N) is 4. The van der Waals surface area contributed by atoms with Crippen LogP contribution in [0.4, 0.5) is 4.39 Å². The van der Waals surface area contributed by atoms with Crippen LogP contribution in [-0.4, -0.2) is 89.7 Å². The topological polar surface area (TPSA) is 119 Å². The second-order valence-electron chi connectivity index (χ2n) is 8.29. The molecule has 4 amide bonds. The molecule has 10 nitrogen and oxygen atoms in total. The highest BCUT2D eigenvalue weighted by Gasteiger charge is 2.46. The number of benzene rings is 1. The van der Waals surface area contributed by atoms with Crippen LogP contribution in [-0.2, 0) is 30.5 Å². The molecule has 2 aliphatic rings. The lowest BCUT2D eigenvalue weighted by Crippen LogP contribution is -2.62. The van der Waals surface area contributed by atoms with Gasteiger partial charge in [-0.25, -0.2) is 9.38 Å². The van der Waals surface area contributed by atoms with E-state index < -0.39 is 41.5 Å². The van der Waals surface area contributed by atoms with Gasteiger partial charge in [-0.3, -0.25) is 28.9 Å². The van der Waals surface area contributed by atoms with Crippen molar-refractivity contribution in [2.24, 2.45) is 4.99 Å². The average Bonchev–Trinajstić information content (AvgIpc) is 2.79. The summed E-state index contributed by atoms with van der Waals surface area (Å²) in [5.74, 6) is -4.40. The maximum atomic E-state index is 13.4. The number of ketones is 1. The summed E-state index contributed by atoms with van der Waals surface area (Å²) in [4.78, 5) is 70.4. The lowest BCUT2D eigenvalue weighted by atomic mass is 9.98. The first-order valence-corrected chi connectivity index (χ1v) is 10.5. The lowest BCUT2D eigenvalue weighted by Gasteiger charge is -2.40. The Morgan fingerprint density at radius 2 is 1.88 bits per heavy atom. The number of nitrogens with one attached hydrogen (secondary N) is 1. The van der Waals surface area contributed by atoms with Crippen LogP contribution in [0.2, 0.25) is 0 Å². The first kappa shape index (κ1) is 24.0. The summed E-state index contributed by atoms with van der Waals surface area (Å²) in [6.07, 6.45) is 0.917. The number of amides is 4. The third kappa shape index (κ3) is 4.76. The molecular weight excluding hydrogens is 433 g/mol. The minimum absolute atomic E-state index is 0.0195. The summed E-state index contributed by atoms with van der Waals surface area (Å²) in [6, 6.07) is 2.01. The normalized spacial score (nSPS) is 20.0. The number of Topliss-reactive ketones (excluding diaryl/α,β-unsaturated/α-hetero) is 1. The van der Waals surface area contributed by atoms with Gasteiger partial charge in [-0.05, 0) is 37.0 Å². The molecule has 2 heterocycles. The smallest absolute Gasteiger partial charge is 0.312 e. The van der Waals surface area contributed by atoms with E-state index in [1.165, 1.54) is 43.1 Å². The second-order valence-corrected chi connectivity index (χ2v) is 8.29. The molecule has 1 saturated heterocycles. The van der Waals surface area contributed by atoms with E-state index in [0.29, 0.717) is 24.0 Å². The number of piperidine rings is 1. The van der Waals surface area contributed by atoms with Gasteiger partial charge in [-0.15, -0.1) is 0 Å². The Balaban J connectivity index is 1.83. The number of fused-ring (bicyclic) bond motifs is 1. The molecule has 1 aromatic rings. The van der Waals surface area contributed by atoms with E-state index in [2.05, 4.69) is 10.3 Å². The number of carbonyl (C=O) groups excluding carboxylic acids is 5. The van der Waals surface area contributed by atoms with Gasteiger partial charge >= 0.3 is 11.8 Å². The number of hydrogen-bond acceptors (Lipinski definition) is 6. The van der Waals surface area contributed by atoms with Crippen molar-refractivity contribution in [2.75, 3.05) is 27.7 Å². The van der Waals surface area contributed by atoms with Crippen LogP contribution in [0, 0.1) is 12.7 Å². The van der Waals surface area contributed by atoms with Crippen molar-refractivity contribution in [2.45, 2.75) is 38.4 Å². The Bertz CT molecular complexity index is 1050. The van der Waals surface area contributed by atoms with Crippen LogP contribution in [0.1, 0.15) is 24.0 Å². The molecule has 1 fully saturated rings. The van der Waals surface area contributed by atoms with E-state index in [-0.39, 0.29) is 24.7 Å². The monoisotopic (exact) mass is 459 g/mol. The van der Waals surface area contributed by atoms with E-state index in [1.807, 2.05) is 0 Å². The molecule has 2 aliphatic heterocycles. The zero-order valence-electron chi connectivity index (χ0n) is 18.9. The van der Waals surface area contributed by atoms with Crippen molar-refractivity contribution in [1.29, 1.82) is 0 Å². The van der Waals surface area contributed by atoms with E-state index >= 15 is 0 Å². The van der Waals surface area contributed by atoms with Gasteiger partial charge in [-0.2, -0.15) is 0 Å². The summed E-state index contributed by atoms with van der Waals surface area (Å²) in [6.45, 7) is 1.84. The number of carbonyl (C=O) groups is 5. The van der Waals surface area contributed by atoms with Gasteiger partial charge in [0.15, 0.2) is 6.04 Å². The Morgan fingerprint density at radius 3 is 2.52 bits per heavy atom. The number of halogens is 1. The summed E-state index contributed by atoms with van der Waals surface area (Å²) in [5, 5.41) is 2.56. The van der Waals surface area contributed by atoms with E-state index in [1.54, 1.807) is 13.0 Å². The van der Waals surface area contributed by atoms with Crippen molar-refractivity contribution in [3.63, 3.8) is 0 Å². The zero-order valence-corrected chi connectivity index (χ0v) is 18.9. The molecule has 0 spiro atoms. The Labute approximate surface area is 190 Å². The molecule has 0 saturated carbocycles. The van der Waals surface area contributed by atoms with Gasteiger partial charge in [0.05, 0.1) is 6.04 Å². The highest BCUT2D eigenvalue weighted by molar-refractivity contribution is 6.46. The molecule has 1 unspecified atom stereocenters. The molecule has 176 valence electrons. The van der Waals surface area contributed by atoms with Gasteiger partial charge in [0.2, 0.25) is 0 Å². The molecule has 1 aromatic carbocycles. The first-order chi connectivity index (χ1) is 15.5. The average molecular weight is 459 g/mol. The molecule has 3 rings (SSSR count). The molecule has 11 heteroatoms. The molecule has 33 heavy (non-hydrogen) atoms. The SMILES string of the molecule is Cc1cc(CNC(=O)C2N=C3[C@@H](N(C)C(=O)C(=O)N(C)C)CCCN3C(=O)C2=O)ccc1F. The fraction of sp³-hybridized carbons (Fsp3) is 0.455. The molecule has 1 N–H and O–H groups in total. The van der Waals surface area contributed by atoms with Crippen molar-refractivity contribution >= 4 is 35.2 Å². The third-order valence-electron chi connectivity index (χ3n) is 5.71. The summed E-state index contributed by atoms with van der Waals surface area (Å²) in [7, 11) is 4.32. The number of aryl methyl sites for hydroxylation is 1. The zero-order chi connectivity index (χ0) is 24.4. The number of rotatable bonds is 4.